The number of rotatable bonds is 2. The van der Waals surface area contributed by atoms with Gasteiger partial charge in [-0.3, -0.25) is 5.43 Å². The van der Waals surface area contributed by atoms with E-state index in [4.69, 9.17) is 5.84 Å². The van der Waals surface area contributed by atoms with Crippen molar-refractivity contribution in [3.05, 3.63) is 12.3 Å². The highest BCUT2D eigenvalue weighted by molar-refractivity contribution is 8.00. The predicted octanol–water partition coefficient (Wildman–Crippen LogP) is 1.09. The van der Waals surface area contributed by atoms with Crippen molar-refractivity contribution in [2.24, 2.45) is 5.84 Å². The predicted molar refractivity (Wildman–Crippen MR) is 68.6 cm³/mol. The zero-order valence-electron chi connectivity index (χ0n) is 9.55. The van der Waals surface area contributed by atoms with Crippen molar-refractivity contribution >= 4 is 23.5 Å². The zero-order chi connectivity index (χ0) is 11.5. The fourth-order valence-electron chi connectivity index (χ4n) is 1.96. The number of hydrogen-bond acceptors (Lipinski definition) is 6. The second-order valence-corrected chi connectivity index (χ2v) is 5.93. The molecule has 0 saturated carbocycles. The highest BCUT2D eigenvalue weighted by atomic mass is 32.2. The quantitative estimate of drug-likeness (QED) is 0.595. The maximum Gasteiger partial charge on any atom is 0.239 e. The zero-order valence-corrected chi connectivity index (χ0v) is 10.4. The van der Waals surface area contributed by atoms with E-state index < -0.39 is 0 Å². The molecule has 0 aromatic carbocycles. The SMILES string of the molecule is CC1CN(c2ccnc(NN)n2)CC(C)S1. The summed E-state index contributed by atoms with van der Waals surface area (Å²) in [6, 6.07) is 1.93. The lowest BCUT2D eigenvalue weighted by Crippen LogP contribution is -2.41. The van der Waals surface area contributed by atoms with Crippen LogP contribution >= 0.6 is 11.8 Å². The van der Waals surface area contributed by atoms with Gasteiger partial charge in [0.25, 0.3) is 0 Å². The third-order valence-corrected chi connectivity index (χ3v) is 3.74. The van der Waals surface area contributed by atoms with E-state index in [1.807, 2.05) is 17.8 Å². The van der Waals surface area contributed by atoms with Gasteiger partial charge >= 0.3 is 0 Å². The minimum atomic E-state index is 0.469. The lowest BCUT2D eigenvalue weighted by molar-refractivity contribution is 0.717. The molecule has 0 aliphatic carbocycles. The molecule has 3 N–H and O–H groups in total. The van der Waals surface area contributed by atoms with Crippen LogP contribution in [0.25, 0.3) is 0 Å². The van der Waals surface area contributed by atoms with Crippen molar-refractivity contribution < 1.29 is 0 Å². The molecule has 0 bridgehead atoms. The molecule has 2 heterocycles. The summed E-state index contributed by atoms with van der Waals surface area (Å²) in [6.45, 7) is 6.54. The van der Waals surface area contributed by atoms with Crippen LogP contribution in [0.3, 0.4) is 0 Å². The molecule has 88 valence electrons. The van der Waals surface area contributed by atoms with Gasteiger partial charge in [0, 0.05) is 29.8 Å². The van der Waals surface area contributed by atoms with E-state index in [-0.39, 0.29) is 0 Å². The highest BCUT2D eigenvalue weighted by Crippen LogP contribution is 2.27. The monoisotopic (exact) mass is 239 g/mol. The summed E-state index contributed by atoms with van der Waals surface area (Å²) in [6.07, 6.45) is 1.73. The molecule has 2 atom stereocenters. The third kappa shape index (κ3) is 2.56. The molecule has 0 spiro atoms. The number of nitrogens with two attached hydrogens (primary N) is 1. The van der Waals surface area contributed by atoms with Crippen LogP contribution < -0.4 is 16.2 Å². The number of nitrogens with one attached hydrogen (secondary N) is 1. The summed E-state index contributed by atoms with van der Waals surface area (Å²) in [4.78, 5) is 10.7. The van der Waals surface area contributed by atoms with Gasteiger partial charge in [-0.05, 0) is 6.07 Å². The van der Waals surface area contributed by atoms with Gasteiger partial charge < -0.3 is 4.90 Å². The number of nitrogen functional groups attached to an aromatic ring is 1. The van der Waals surface area contributed by atoms with E-state index in [9.17, 15) is 0 Å². The second kappa shape index (κ2) is 4.88. The summed E-state index contributed by atoms with van der Waals surface area (Å²) in [5.74, 6) is 6.72. The summed E-state index contributed by atoms with van der Waals surface area (Å²) < 4.78 is 0. The topological polar surface area (TPSA) is 67.1 Å². The Morgan fingerprint density at radius 2 is 2.12 bits per heavy atom. The molecule has 1 fully saturated rings. The van der Waals surface area contributed by atoms with Crippen molar-refractivity contribution in [1.29, 1.82) is 0 Å². The highest BCUT2D eigenvalue weighted by Gasteiger charge is 2.23. The van der Waals surface area contributed by atoms with Gasteiger partial charge in [-0.1, -0.05) is 13.8 Å². The van der Waals surface area contributed by atoms with Gasteiger partial charge in [-0.25, -0.2) is 10.8 Å². The molecule has 2 rings (SSSR count). The Kier molecular flexibility index (Phi) is 3.50. The Morgan fingerprint density at radius 3 is 2.75 bits per heavy atom. The van der Waals surface area contributed by atoms with Crippen molar-refractivity contribution in [3.8, 4) is 0 Å². The van der Waals surface area contributed by atoms with Gasteiger partial charge in [0.05, 0.1) is 0 Å². The van der Waals surface area contributed by atoms with Crippen LogP contribution in [-0.4, -0.2) is 33.6 Å². The lowest BCUT2D eigenvalue weighted by atomic mass is 10.3. The van der Waals surface area contributed by atoms with Crippen LogP contribution in [0.2, 0.25) is 0 Å². The summed E-state index contributed by atoms with van der Waals surface area (Å²) in [7, 11) is 0. The molecular weight excluding hydrogens is 222 g/mol. The van der Waals surface area contributed by atoms with Crippen LogP contribution in [0.15, 0.2) is 12.3 Å². The van der Waals surface area contributed by atoms with Crippen molar-refractivity contribution in [1.82, 2.24) is 9.97 Å². The Hall–Kier alpha value is -1.01. The number of nitrogens with zero attached hydrogens (tertiary/aromatic N) is 3. The molecule has 0 radical (unpaired) electrons. The first-order chi connectivity index (χ1) is 7.69. The largest absolute Gasteiger partial charge is 0.354 e. The summed E-state index contributed by atoms with van der Waals surface area (Å²) >= 11 is 2.02. The number of thioether (sulfide) groups is 1. The van der Waals surface area contributed by atoms with E-state index in [1.165, 1.54) is 0 Å². The standard InChI is InChI=1S/C10H17N5S/c1-7-5-15(6-8(2)16-7)9-3-4-12-10(13-9)14-11/h3-4,7-8H,5-6,11H2,1-2H3,(H,12,13,14). The first-order valence-corrected chi connectivity index (χ1v) is 6.33. The van der Waals surface area contributed by atoms with Gasteiger partial charge in [0.2, 0.25) is 5.95 Å². The average Bonchev–Trinajstić information content (AvgIpc) is 2.28. The van der Waals surface area contributed by atoms with Crippen molar-refractivity contribution in [2.75, 3.05) is 23.4 Å². The van der Waals surface area contributed by atoms with Crippen LogP contribution in [0, 0.1) is 0 Å². The van der Waals surface area contributed by atoms with E-state index in [0.29, 0.717) is 16.4 Å². The van der Waals surface area contributed by atoms with Crippen LogP contribution in [0.5, 0.6) is 0 Å². The first-order valence-electron chi connectivity index (χ1n) is 5.39. The minimum absolute atomic E-state index is 0.469. The van der Waals surface area contributed by atoms with Crippen molar-refractivity contribution in [2.45, 2.75) is 24.3 Å². The number of anilines is 2. The number of aromatic nitrogens is 2. The second-order valence-electron chi connectivity index (χ2n) is 4.05. The molecule has 2 unspecified atom stereocenters. The van der Waals surface area contributed by atoms with Gasteiger partial charge in [0.15, 0.2) is 0 Å². The van der Waals surface area contributed by atoms with Crippen LogP contribution in [0.1, 0.15) is 13.8 Å². The number of hydrogen-bond donors (Lipinski definition) is 2. The maximum atomic E-state index is 5.31. The number of hydrazine groups is 1. The minimum Gasteiger partial charge on any atom is -0.354 e. The molecule has 0 amide bonds. The molecule has 1 saturated heterocycles. The van der Waals surface area contributed by atoms with Crippen LogP contribution in [0.4, 0.5) is 11.8 Å². The molecular formula is C10H17N5S. The summed E-state index contributed by atoms with van der Waals surface area (Å²) in [5.41, 5.74) is 2.47. The lowest BCUT2D eigenvalue weighted by Gasteiger charge is -2.35. The van der Waals surface area contributed by atoms with E-state index in [0.717, 1.165) is 18.9 Å². The Morgan fingerprint density at radius 1 is 1.44 bits per heavy atom. The van der Waals surface area contributed by atoms with Gasteiger partial charge in [0.1, 0.15) is 5.82 Å². The van der Waals surface area contributed by atoms with Crippen molar-refractivity contribution in [3.63, 3.8) is 0 Å². The molecule has 5 nitrogen and oxygen atoms in total. The molecule has 1 aromatic rings. The fourth-order valence-corrected chi connectivity index (χ4v) is 3.28. The van der Waals surface area contributed by atoms with E-state index in [2.05, 4.69) is 34.1 Å². The Balaban J connectivity index is 2.16. The average molecular weight is 239 g/mol. The van der Waals surface area contributed by atoms with E-state index >= 15 is 0 Å². The van der Waals surface area contributed by atoms with Crippen LogP contribution in [-0.2, 0) is 0 Å². The maximum absolute atomic E-state index is 5.31. The van der Waals surface area contributed by atoms with Gasteiger partial charge in [-0.15, -0.1) is 0 Å². The molecule has 16 heavy (non-hydrogen) atoms. The smallest absolute Gasteiger partial charge is 0.239 e. The molecule has 1 aromatic heterocycles. The summed E-state index contributed by atoms with van der Waals surface area (Å²) in [5, 5.41) is 1.26. The Bertz CT molecular complexity index is 349. The fraction of sp³-hybridized carbons (Fsp3) is 0.600. The third-order valence-electron chi connectivity index (χ3n) is 2.51. The molecule has 6 heteroatoms. The molecule has 1 aliphatic heterocycles. The molecule has 1 aliphatic rings. The van der Waals surface area contributed by atoms with Gasteiger partial charge in [-0.2, -0.15) is 16.7 Å². The van der Waals surface area contributed by atoms with E-state index in [1.54, 1.807) is 6.20 Å². The first kappa shape index (κ1) is 11.5. The normalized spacial score (nSPS) is 25.6. The Labute approximate surface area is 99.8 Å².